The topological polar surface area (TPSA) is 109 Å². The summed E-state index contributed by atoms with van der Waals surface area (Å²) >= 11 is 0. The number of hydrogen-bond acceptors (Lipinski definition) is 7. The molecule has 2 aromatic heterocycles. The van der Waals surface area contributed by atoms with Crippen molar-refractivity contribution in [3.05, 3.63) is 12.7 Å². The normalized spacial score (nSPS) is 28.6. The Morgan fingerprint density at radius 2 is 2.25 bits per heavy atom. The van der Waals surface area contributed by atoms with Crippen LogP contribution in [-0.2, 0) is 11.3 Å². The average molecular weight is 387 g/mol. The lowest BCUT2D eigenvalue weighted by atomic mass is 10.0. The van der Waals surface area contributed by atoms with Crippen LogP contribution >= 0.6 is 0 Å². The van der Waals surface area contributed by atoms with E-state index in [1.54, 1.807) is 17.6 Å². The first kappa shape index (κ1) is 17.6. The molecule has 0 spiro atoms. The number of likely N-dealkylation sites (N-methyl/N-ethyl adjacent to an activating group) is 1. The van der Waals surface area contributed by atoms with Crippen LogP contribution < -0.4 is 10.2 Å². The van der Waals surface area contributed by atoms with E-state index in [2.05, 4.69) is 25.2 Å². The van der Waals surface area contributed by atoms with Crippen molar-refractivity contribution in [2.45, 2.75) is 50.1 Å². The molecule has 3 aliphatic heterocycles. The van der Waals surface area contributed by atoms with E-state index in [9.17, 15) is 9.90 Å². The molecule has 28 heavy (non-hydrogen) atoms. The molecule has 2 aromatic rings. The highest BCUT2D eigenvalue weighted by Gasteiger charge is 2.41. The number of hydrogen-bond donors (Lipinski definition) is 2. The Kier molecular flexibility index (Phi) is 4.31. The zero-order valence-electron chi connectivity index (χ0n) is 15.9. The summed E-state index contributed by atoms with van der Waals surface area (Å²) < 4.78 is 7.45. The average Bonchev–Trinajstić information content (AvgIpc) is 3.42. The number of aliphatic hydroxyl groups excluding tert-OH is 1. The maximum Gasteiger partial charge on any atom is 0.317 e. The smallest absolute Gasteiger partial charge is 0.317 e. The molecule has 10 nitrogen and oxygen atoms in total. The molecule has 3 saturated heterocycles. The second-order valence-corrected chi connectivity index (χ2v) is 7.85. The second-order valence-electron chi connectivity index (χ2n) is 7.85. The van der Waals surface area contributed by atoms with E-state index in [4.69, 9.17) is 4.74 Å². The quantitative estimate of drug-likeness (QED) is 0.758. The van der Waals surface area contributed by atoms with Gasteiger partial charge in [0.15, 0.2) is 17.0 Å². The predicted molar refractivity (Wildman–Crippen MR) is 101 cm³/mol. The Labute approximate surface area is 162 Å². The highest BCUT2D eigenvalue weighted by atomic mass is 16.5. The number of piperidine rings is 1. The number of anilines is 1. The molecule has 0 saturated carbocycles. The van der Waals surface area contributed by atoms with Crippen LogP contribution in [0.2, 0.25) is 0 Å². The van der Waals surface area contributed by atoms with Gasteiger partial charge < -0.3 is 29.5 Å². The number of aliphatic hydroxyl groups is 1. The van der Waals surface area contributed by atoms with Gasteiger partial charge in [-0.15, -0.1) is 0 Å². The second kappa shape index (κ2) is 6.85. The molecule has 2 amide bonds. The first-order valence-electron chi connectivity index (χ1n) is 9.85. The summed E-state index contributed by atoms with van der Waals surface area (Å²) in [6.07, 6.45) is 5.29. The SMILES string of the molecule is CN1C(=O)N[C@@H]2CN(c3ncnc4c3ncn4CC(O)C3CCCO3)CC[C@@H]21. The van der Waals surface area contributed by atoms with Crippen LogP contribution in [0.25, 0.3) is 11.2 Å². The number of carbonyl (C=O) groups excluding carboxylic acids is 1. The third-order valence-electron chi connectivity index (χ3n) is 6.16. The van der Waals surface area contributed by atoms with Crippen molar-refractivity contribution in [1.29, 1.82) is 0 Å². The molecule has 3 aliphatic rings. The van der Waals surface area contributed by atoms with Gasteiger partial charge in [-0.05, 0) is 19.3 Å². The van der Waals surface area contributed by atoms with Gasteiger partial charge in [0.05, 0.1) is 37.2 Å². The molecule has 3 fully saturated rings. The van der Waals surface area contributed by atoms with E-state index in [0.29, 0.717) is 25.3 Å². The molecular weight excluding hydrogens is 362 g/mol. The molecule has 2 unspecified atom stereocenters. The van der Waals surface area contributed by atoms with Crippen molar-refractivity contribution in [1.82, 2.24) is 29.7 Å². The van der Waals surface area contributed by atoms with E-state index in [1.807, 2.05) is 11.6 Å². The summed E-state index contributed by atoms with van der Waals surface area (Å²) in [5.41, 5.74) is 1.43. The third kappa shape index (κ3) is 2.87. The Bertz CT molecular complexity index is 881. The molecule has 0 bridgehead atoms. The van der Waals surface area contributed by atoms with Gasteiger partial charge in [-0.2, -0.15) is 0 Å². The van der Waals surface area contributed by atoms with Crippen molar-refractivity contribution in [2.24, 2.45) is 0 Å². The Balaban J connectivity index is 1.37. The minimum atomic E-state index is -0.585. The maximum atomic E-state index is 11.9. The number of amides is 2. The molecule has 5 rings (SSSR count). The minimum absolute atomic E-state index is 0.0166. The van der Waals surface area contributed by atoms with Crippen molar-refractivity contribution < 1.29 is 14.6 Å². The van der Waals surface area contributed by atoms with E-state index in [-0.39, 0.29) is 24.2 Å². The first-order valence-corrected chi connectivity index (χ1v) is 9.85. The molecule has 0 aromatic carbocycles. The molecule has 0 aliphatic carbocycles. The van der Waals surface area contributed by atoms with E-state index in [1.165, 1.54) is 0 Å². The minimum Gasteiger partial charge on any atom is -0.389 e. The number of aromatic nitrogens is 4. The number of carbonyl (C=O) groups is 1. The van der Waals surface area contributed by atoms with Crippen LogP contribution in [0.15, 0.2) is 12.7 Å². The van der Waals surface area contributed by atoms with E-state index >= 15 is 0 Å². The number of urea groups is 1. The zero-order valence-corrected chi connectivity index (χ0v) is 15.9. The van der Waals surface area contributed by atoms with Crippen LogP contribution in [0.4, 0.5) is 10.6 Å². The van der Waals surface area contributed by atoms with Gasteiger partial charge in [0.2, 0.25) is 0 Å². The van der Waals surface area contributed by atoms with Crippen molar-refractivity contribution >= 4 is 23.0 Å². The highest BCUT2D eigenvalue weighted by Crippen LogP contribution is 2.28. The summed E-state index contributed by atoms with van der Waals surface area (Å²) in [5.74, 6) is 0.776. The molecule has 4 atom stereocenters. The number of ether oxygens (including phenoxy) is 1. The fourth-order valence-electron chi connectivity index (χ4n) is 4.61. The number of fused-ring (bicyclic) bond motifs is 2. The summed E-state index contributed by atoms with van der Waals surface area (Å²) in [5, 5.41) is 13.5. The molecule has 10 heteroatoms. The predicted octanol–water partition coefficient (Wildman–Crippen LogP) is -0.0315. The molecular formula is C18H25N7O3. The summed E-state index contributed by atoms with van der Waals surface area (Å²) in [6.45, 7) is 2.60. The molecule has 2 N–H and O–H groups in total. The van der Waals surface area contributed by atoms with Crippen LogP contribution in [-0.4, -0.2) is 86.6 Å². The Morgan fingerprint density at radius 1 is 1.36 bits per heavy atom. The fourth-order valence-corrected chi connectivity index (χ4v) is 4.61. The van der Waals surface area contributed by atoms with Gasteiger partial charge in [0, 0.05) is 26.7 Å². The highest BCUT2D eigenvalue weighted by molar-refractivity contribution is 5.84. The molecule has 0 radical (unpaired) electrons. The van der Waals surface area contributed by atoms with Crippen LogP contribution in [0.5, 0.6) is 0 Å². The van der Waals surface area contributed by atoms with Gasteiger partial charge in [-0.1, -0.05) is 0 Å². The number of nitrogens with zero attached hydrogens (tertiary/aromatic N) is 6. The van der Waals surface area contributed by atoms with Crippen molar-refractivity contribution in [2.75, 3.05) is 31.6 Å². The lowest BCUT2D eigenvalue weighted by Crippen LogP contribution is -2.51. The van der Waals surface area contributed by atoms with Gasteiger partial charge in [0.1, 0.15) is 6.33 Å². The molecule has 150 valence electrons. The largest absolute Gasteiger partial charge is 0.389 e. The lowest BCUT2D eigenvalue weighted by molar-refractivity contribution is -0.00902. The van der Waals surface area contributed by atoms with Crippen LogP contribution in [0.3, 0.4) is 0 Å². The summed E-state index contributed by atoms with van der Waals surface area (Å²) in [6, 6.07) is 0.289. The van der Waals surface area contributed by atoms with Crippen molar-refractivity contribution in [3.8, 4) is 0 Å². The zero-order chi connectivity index (χ0) is 19.3. The van der Waals surface area contributed by atoms with E-state index in [0.717, 1.165) is 37.1 Å². The van der Waals surface area contributed by atoms with Crippen LogP contribution in [0, 0.1) is 0 Å². The van der Waals surface area contributed by atoms with Gasteiger partial charge in [-0.25, -0.2) is 19.7 Å². The standard InChI is InChI=1S/C18H25N7O3/c1-23-12-4-5-24(7-11(12)22-18(23)27)16-15-17(20-9-19-16)25(10-21-15)8-13(26)14-3-2-6-28-14/h9-14,26H,2-8H2,1H3,(H,22,27)/t11-,12+,13?,14?/m1/s1. The number of imidazole rings is 1. The van der Waals surface area contributed by atoms with Crippen LogP contribution in [0.1, 0.15) is 19.3 Å². The summed E-state index contributed by atoms with van der Waals surface area (Å²) in [4.78, 5) is 29.3. The van der Waals surface area contributed by atoms with Crippen molar-refractivity contribution in [3.63, 3.8) is 0 Å². The number of nitrogens with one attached hydrogen (secondary N) is 1. The third-order valence-corrected chi connectivity index (χ3v) is 6.16. The van der Waals surface area contributed by atoms with Gasteiger partial charge >= 0.3 is 6.03 Å². The van der Waals surface area contributed by atoms with Gasteiger partial charge in [0.25, 0.3) is 0 Å². The maximum absolute atomic E-state index is 11.9. The fraction of sp³-hybridized carbons (Fsp3) is 0.667. The van der Waals surface area contributed by atoms with Gasteiger partial charge in [-0.3, -0.25) is 0 Å². The number of rotatable bonds is 4. The Morgan fingerprint density at radius 3 is 3.07 bits per heavy atom. The molecule has 5 heterocycles. The first-order chi connectivity index (χ1) is 13.6. The van der Waals surface area contributed by atoms with E-state index < -0.39 is 6.10 Å². The lowest BCUT2D eigenvalue weighted by Gasteiger charge is -2.36. The monoisotopic (exact) mass is 387 g/mol. The summed E-state index contributed by atoms with van der Waals surface area (Å²) in [7, 11) is 1.85. The Hall–Kier alpha value is -2.46.